The Balaban J connectivity index is 1.35. The maximum absolute atomic E-state index is 15.3. The molecule has 4 N–H and O–H groups in total. The Morgan fingerprint density at radius 3 is 2.15 bits per heavy atom. The Labute approximate surface area is 280 Å². The van der Waals surface area contributed by atoms with E-state index in [0.717, 1.165) is 51.4 Å². The van der Waals surface area contributed by atoms with Gasteiger partial charge in [0.2, 0.25) is 0 Å². The number of carbonyl (C=O) groups is 1. The Kier molecular flexibility index (Phi) is 9.56. The first-order valence-corrected chi connectivity index (χ1v) is 19.6. The molecule has 0 saturated heterocycles. The monoisotopic (exact) mass is 641 g/mol. The zero-order chi connectivity index (χ0) is 33.5. The van der Waals surface area contributed by atoms with Crippen LogP contribution in [-0.2, 0) is 4.79 Å². The quantitative estimate of drug-likeness (QED) is 0.170. The van der Waals surface area contributed by atoms with Gasteiger partial charge in [0.15, 0.2) is 0 Å². The Morgan fingerprint density at radius 1 is 0.935 bits per heavy atom. The number of rotatable bonds is 7. The van der Waals surface area contributed by atoms with Crippen LogP contribution in [0.2, 0.25) is 0 Å². The minimum atomic E-state index is -0.652. The van der Waals surface area contributed by atoms with E-state index >= 15 is 4.79 Å². The number of allylic oxidation sites excluding steroid dienone is 2. The zero-order valence-corrected chi connectivity index (χ0v) is 30.4. The average molecular weight is 641 g/mol. The van der Waals surface area contributed by atoms with Gasteiger partial charge >= 0.3 is 0 Å². The summed E-state index contributed by atoms with van der Waals surface area (Å²) in [5.41, 5.74) is 0.616. The van der Waals surface area contributed by atoms with Crippen LogP contribution in [0.4, 0.5) is 0 Å². The summed E-state index contributed by atoms with van der Waals surface area (Å²) in [6.07, 6.45) is 13.1. The minimum Gasteiger partial charge on any atom is -0.393 e. The van der Waals surface area contributed by atoms with Crippen molar-refractivity contribution in [2.75, 3.05) is 0 Å². The lowest BCUT2D eigenvalue weighted by atomic mass is 9.34. The highest BCUT2D eigenvalue weighted by Gasteiger charge is 2.70. The molecule has 0 heterocycles. The summed E-state index contributed by atoms with van der Waals surface area (Å²) >= 11 is 0. The molecule has 5 heteroatoms. The second-order valence-corrected chi connectivity index (χ2v) is 18.8. The van der Waals surface area contributed by atoms with Gasteiger partial charge in [-0.05, 0) is 104 Å². The average Bonchev–Trinajstić information content (AvgIpc) is 3.21. The molecule has 17 atom stereocenters. The molecule has 46 heavy (non-hydrogen) atoms. The summed E-state index contributed by atoms with van der Waals surface area (Å²) in [6.45, 7) is 17.9. The molecule has 0 aromatic rings. The number of aliphatic hydroxyl groups excluding tert-OH is 4. The molecule has 6 aliphatic rings. The molecule has 5 saturated carbocycles. The standard InChI is InChI=1S/C41H68O5/c1-9-10-11-14-26-17-27(18-30-35(43)28-15-12-13-16-29(28)36(30)44)23(3)33-31(26)20-39(6)21-40(7)19-22(2)32(25(5)42)38(46)41(40,8)24(4)34(39)37(33)45/h17,22-26,28-36,38,42-44,46H,9-16,18-21H2,1-8H3. The fourth-order valence-corrected chi connectivity index (χ4v) is 14.2. The highest BCUT2D eigenvalue weighted by atomic mass is 16.3. The van der Waals surface area contributed by atoms with Crippen molar-refractivity contribution in [2.24, 2.45) is 81.3 Å². The number of hydrogen-bond acceptors (Lipinski definition) is 5. The third-order valence-electron chi connectivity index (χ3n) is 16.4. The van der Waals surface area contributed by atoms with Crippen molar-refractivity contribution in [1.29, 1.82) is 0 Å². The van der Waals surface area contributed by atoms with Crippen LogP contribution in [0.1, 0.15) is 132 Å². The van der Waals surface area contributed by atoms with Gasteiger partial charge in [-0.2, -0.15) is 0 Å². The summed E-state index contributed by atoms with van der Waals surface area (Å²) < 4.78 is 0. The lowest BCUT2D eigenvalue weighted by molar-refractivity contribution is -0.250. The second-order valence-electron chi connectivity index (χ2n) is 18.8. The van der Waals surface area contributed by atoms with Gasteiger partial charge in [-0.15, -0.1) is 0 Å². The van der Waals surface area contributed by atoms with Gasteiger partial charge in [0.1, 0.15) is 5.78 Å². The van der Waals surface area contributed by atoms with E-state index in [1.54, 1.807) is 0 Å². The molecular formula is C41H68O5. The molecule has 262 valence electrons. The third-order valence-corrected chi connectivity index (χ3v) is 16.4. The number of ketones is 1. The molecule has 0 bridgehead atoms. The van der Waals surface area contributed by atoms with Crippen molar-refractivity contribution in [3.05, 3.63) is 11.6 Å². The zero-order valence-electron chi connectivity index (χ0n) is 30.4. The highest BCUT2D eigenvalue weighted by molar-refractivity contribution is 5.87. The lowest BCUT2D eigenvalue weighted by Gasteiger charge is -2.70. The largest absolute Gasteiger partial charge is 0.393 e. The fraction of sp³-hybridized carbons (Fsp3) is 0.927. The van der Waals surface area contributed by atoms with Gasteiger partial charge in [0.25, 0.3) is 0 Å². The highest BCUT2D eigenvalue weighted by Crippen LogP contribution is 2.72. The predicted molar refractivity (Wildman–Crippen MR) is 184 cm³/mol. The summed E-state index contributed by atoms with van der Waals surface area (Å²) in [7, 11) is 0. The van der Waals surface area contributed by atoms with Crippen LogP contribution < -0.4 is 0 Å². The van der Waals surface area contributed by atoms with Crippen LogP contribution in [0.3, 0.4) is 0 Å². The summed E-state index contributed by atoms with van der Waals surface area (Å²) in [6, 6.07) is 0. The molecule has 6 rings (SSSR count). The predicted octanol–water partition coefficient (Wildman–Crippen LogP) is 7.58. The maximum atomic E-state index is 15.3. The number of hydrogen-bond donors (Lipinski definition) is 4. The van der Waals surface area contributed by atoms with E-state index < -0.39 is 29.8 Å². The van der Waals surface area contributed by atoms with Crippen LogP contribution in [0.25, 0.3) is 0 Å². The van der Waals surface area contributed by atoms with E-state index in [0.29, 0.717) is 24.0 Å². The van der Waals surface area contributed by atoms with Gasteiger partial charge in [0, 0.05) is 29.1 Å². The smallest absolute Gasteiger partial charge is 0.140 e. The molecule has 17 unspecified atom stereocenters. The molecule has 5 nitrogen and oxygen atoms in total. The molecule has 0 radical (unpaired) electrons. The maximum Gasteiger partial charge on any atom is 0.140 e. The molecule has 0 aromatic heterocycles. The molecule has 0 aromatic carbocycles. The molecule has 0 spiro atoms. The Bertz CT molecular complexity index is 1150. The number of aliphatic hydroxyl groups is 4. The molecule has 0 amide bonds. The topological polar surface area (TPSA) is 98.0 Å². The van der Waals surface area contributed by atoms with E-state index in [1.165, 1.54) is 24.8 Å². The normalized spacial score (nSPS) is 54.3. The van der Waals surface area contributed by atoms with Crippen molar-refractivity contribution >= 4 is 5.78 Å². The first kappa shape index (κ1) is 35.1. The van der Waals surface area contributed by atoms with E-state index in [-0.39, 0.29) is 64.1 Å². The Hall–Kier alpha value is -0.750. The van der Waals surface area contributed by atoms with Gasteiger partial charge in [-0.25, -0.2) is 0 Å². The number of unbranched alkanes of at least 4 members (excludes halogenated alkanes) is 2. The van der Waals surface area contributed by atoms with E-state index in [4.69, 9.17) is 0 Å². The van der Waals surface area contributed by atoms with Gasteiger partial charge < -0.3 is 20.4 Å². The van der Waals surface area contributed by atoms with Crippen LogP contribution >= 0.6 is 0 Å². The Morgan fingerprint density at radius 2 is 1.57 bits per heavy atom. The minimum absolute atomic E-state index is 0.00940. The van der Waals surface area contributed by atoms with Crippen LogP contribution in [-0.4, -0.2) is 50.6 Å². The second kappa shape index (κ2) is 12.5. The first-order chi connectivity index (χ1) is 21.6. The summed E-state index contributed by atoms with van der Waals surface area (Å²) in [5.74, 6) is 1.36. The number of carbonyl (C=O) groups excluding carboxylic acids is 1. The van der Waals surface area contributed by atoms with Gasteiger partial charge in [-0.3, -0.25) is 4.79 Å². The molecule has 5 fully saturated rings. The van der Waals surface area contributed by atoms with E-state index in [2.05, 4.69) is 54.5 Å². The van der Waals surface area contributed by atoms with Crippen molar-refractivity contribution in [3.8, 4) is 0 Å². The van der Waals surface area contributed by atoms with Crippen molar-refractivity contribution in [2.45, 2.75) is 157 Å². The number of Topliss-reactive ketones (excluding diaryl/α,β-unsaturated/α-hetero) is 1. The SMILES string of the molecule is CCCCCC1C=C(CC2C(O)C3CCCCC3C2O)C(C)C2C(=O)C3C(C)C4(C)C(O)C(C(C)O)C(C)CC4(C)CC3(C)CC12. The number of fused-ring (bicyclic) bond motifs is 4. The lowest BCUT2D eigenvalue weighted by Crippen LogP contribution is -2.69. The van der Waals surface area contributed by atoms with E-state index in [9.17, 15) is 20.4 Å². The summed E-state index contributed by atoms with van der Waals surface area (Å²) in [4.78, 5) is 15.3. The van der Waals surface area contributed by atoms with Crippen molar-refractivity contribution < 1.29 is 25.2 Å². The van der Waals surface area contributed by atoms with Gasteiger partial charge in [0.05, 0.1) is 24.4 Å². The molecule has 0 aliphatic heterocycles. The fourth-order valence-electron chi connectivity index (χ4n) is 14.2. The van der Waals surface area contributed by atoms with Crippen molar-refractivity contribution in [1.82, 2.24) is 0 Å². The first-order valence-electron chi connectivity index (χ1n) is 19.6. The van der Waals surface area contributed by atoms with Crippen molar-refractivity contribution in [3.63, 3.8) is 0 Å². The van der Waals surface area contributed by atoms with Crippen LogP contribution in [0.15, 0.2) is 11.6 Å². The molecule has 6 aliphatic carbocycles. The van der Waals surface area contributed by atoms with Gasteiger partial charge in [-0.1, -0.05) is 92.2 Å². The third kappa shape index (κ3) is 5.17. The summed E-state index contributed by atoms with van der Waals surface area (Å²) in [5, 5.41) is 45.9. The van der Waals surface area contributed by atoms with Crippen LogP contribution in [0.5, 0.6) is 0 Å². The molecular weight excluding hydrogens is 572 g/mol. The van der Waals surface area contributed by atoms with Crippen LogP contribution in [0, 0.1) is 81.3 Å². The van der Waals surface area contributed by atoms with E-state index in [1.807, 2.05) is 6.92 Å².